The molecule has 0 saturated carbocycles. The van der Waals surface area contributed by atoms with Crippen molar-refractivity contribution >= 4 is 11.9 Å². The Balaban J connectivity index is 1.41. The fourth-order valence-corrected chi connectivity index (χ4v) is 4.16. The van der Waals surface area contributed by atoms with E-state index in [0.717, 1.165) is 75.0 Å². The number of aryl methyl sites for hydroxylation is 2. The van der Waals surface area contributed by atoms with Crippen LogP contribution < -0.4 is 10.2 Å². The molecule has 0 aliphatic carbocycles. The van der Waals surface area contributed by atoms with Gasteiger partial charge < -0.3 is 10.2 Å². The third-order valence-corrected chi connectivity index (χ3v) is 5.60. The van der Waals surface area contributed by atoms with Crippen LogP contribution in [0.25, 0.3) is 0 Å². The molecular formula is C20H29N7O. The predicted molar refractivity (Wildman–Crippen MR) is 107 cm³/mol. The summed E-state index contributed by atoms with van der Waals surface area (Å²) in [7, 11) is 0. The molecule has 8 heteroatoms. The van der Waals surface area contributed by atoms with Gasteiger partial charge in [0.15, 0.2) is 0 Å². The predicted octanol–water partition coefficient (Wildman–Crippen LogP) is 1.27. The van der Waals surface area contributed by atoms with Crippen LogP contribution in [0.4, 0.5) is 5.95 Å². The number of hydrogen-bond acceptors (Lipinski definition) is 6. The molecule has 0 unspecified atom stereocenters. The first-order valence-electron chi connectivity index (χ1n) is 10.1. The molecule has 4 heterocycles. The first-order valence-corrected chi connectivity index (χ1v) is 10.1. The molecular weight excluding hydrogens is 354 g/mol. The lowest BCUT2D eigenvalue weighted by atomic mass is 10.2. The van der Waals surface area contributed by atoms with Gasteiger partial charge in [0.05, 0.1) is 24.5 Å². The molecule has 0 spiro atoms. The highest BCUT2D eigenvalue weighted by Gasteiger charge is 2.25. The third-order valence-electron chi connectivity index (χ3n) is 5.60. The van der Waals surface area contributed by atoms with Crippen molar-refractivity contribution in [2.75, 3.05) is 24.5 Å². The zero-order valence-corrected chi connectivity index (χ0v) is 17.0. The minimum atomic E-state index is 0.0500. The summed E-state index contributed by atoms with van der Waals surface area (Å²) in [6.45, 7) is 11.0. The lowest BCUT2D eigenvalue weighted by Gasteiger charge is -2.28. The summed E-state index contributed by atoms with van der Waals surface area (Å²) in [5.74, 6) is 0.864. The highest BCUT2D eigenvalue weighted by molar-refractivity contribution is 5.73. The van der Waals surface area contributed by atoms with Crippen molar-refractivity contribution in [1.29, 1.82) is 0 Å². The molecule has 2 aliphatic rings. The summed E-state index contributed by atoms with van der Waals surface area (Å²) >= 11 is 0. The second-order valence-electron chi connectivity index (χ2n) is 7.85. The number of amides is 1. The smallest absolute Gasteiger partial charge is 0.225 e. The van der Waals surface area contributed by atoms with Crippen molar-refractivity contribution in [2.45, 2.75) is 59.3 Å². The number of carbonyl (C=O) groups excluding carboxylic acids is 1. The second kappa shape index (κ2) is 7.87. The van der Waals surface area contributed by atoms with Crippen molar-refractivity contribution in [1.82, 2.24) is 30.0 Å². The van der Waals surface area contributed by atoms with Crippen molar-refractivity contribution in [3.05, 3.63) is 34.9 Å². The molecule has 0 bridgehead atoms. The molecule has 1 N–H and O–H groups in total. The van der Waals surface area contributed by atoms with Gasteiger partial charge >= 0.3 is 0 Å². The van der Waals surface area contributed by atoms with Crippen LogP contribution in [-0.2, 0) is 30.8 Å². The van der Waals surface area contributed by atoms with E-state index < -0.39 is 0 Å². The molecule has 1 saturated heterocycles. The molecule has 2 aliphatic heterocycles. The number of aromatic nitrogens is 4. The summed E-state index contributed by atoms with van der Waals surface area (Å²) in [4.78, 5) is 25.1. The molecule has 2 aromatic rings. The van der Waals surface area contributed by atoms with E-state index in [-0.39, 0.29) is 11.9 Å². The average Bonchev–Trinajstić information content (AvgIpc) is 3.27. The molecule has 1 atom stereocenters. The van der Waals surface area contributed by atoms with Crippen LogP contribution in [-0.4, -0.2) is 56.2 Å². The summed E-state index contributed by atoms with van der Waals surface area (Å²) in [5, 5.41) is 7.81. The van der Waals surface area contributed by atoms with Crippen LogP contribution >= 0.6 is 0 Å². The Hall–Kier alpha value is -2.48. The van der Waals surface area contributed by atoms with Crippen molar-refractivity contribution in [3.8, 4) is 0 Å². The molecule has 2 aromatic heterocycles. The van der Waals surface area contributed by atoms with Crippen LogP contribution in [0.5, 0.6) is 0 Å². The van der Waals surface area contributed by atoms with Gasteiger partial charge in [-0.05, 0) is 31.4 Å². The van der Waals surface area contributed by atoms with Crippen LogP contribution in [0.2, 0.25) is 0 Å². The highest BCUT2D eigenvalue weighted by atomic mass is 16.1. The minimum absolute atomic E-state index is 0.0500. The van der Waals surface area contributed by atoms with Gasteiger partial charge in [0, 0.05) is 51.0 Å². The second-order valence-corrected chi connectivity index (χ2v) is 7.85. The topological polar surface area (TPSA) is 79.2 Å². The standard InChI is InChI=1S/C20H29N7O/c1-4-19-14(2)10-21-20(23-19)26-7-8-27-18(13-26)9-17(24-27)12-25-6-5-16(11-25)22-15(3)28/h9-10,16H,4-8,11-13H2,1-3H3,(H,22,28)/t16-/m0/s1. The number of anilines is 1. The number of fused-ring (bicyclic) bond motifs is 1. The summed E-state index contributed by atoms with van der Waals surface area (Å²) < 4.78 is 2.11. The Labute approximate surface area is 165 Å². The lowest BCUT2D eigenvalue weighted by Crippen LogP contribution is -2.35. The van der Waals surface area contributed by atoms with Crippen LogP contribution in [0, 0.1) is 6.92 Å². The van der Waals surface area contributed by atoms with Gasteiger partial charge in [-0.3, -0.25) is 14.4 Å². The maximum Gasteiger partial charge on any atom is 0.225 e. The van der Waals surface area contributed by atoms with E-state index in [0.29, 0.717) is 0 Å². The van der Waals surface area contributed by atoms with E-state index in [1.807, 2.05) is 6.20 Å². The molecule has 1 fully saturated rings. The summed E-state index contributed by atoms with van der Waals surface area (Å²) in [5.41, 5.74) is 4.58. The Morgan fingerprint density at radius 3 is 2.96 bits per heavy atom. The molecule has 0 aromatic carbocycles. The van der Waals surface area contributed by atoms with Gasteiger partial charge in [0.2, 0.25) is 11.9 Å². The zero-order valence-electron chi connectivity index (χ0n) is 17.0. The van der Waals surface area contributed by atoms with E-state index >= 15 is 0 Å². The van der Waals surface area contributed by atoms with Crippen LogP contribution in [0.1, 0.15) is 42.9 Å². The number of carbonyl (C=O) groups is 1. The molecule has 150 valence electrons. The summed E-state index contributed by atoms with van der Waals surface area (Å²) in [6.07, 6.45) is 3.86. The van der Waals surface area contributed by atoms with Gasteiger partial charge in [-0.25, -0.2) is 9.97 Å². The fraction of sp³-hybridized carbons (Fsp3) is 0.600. The van der Waals surface area contributed by atoms with E-state index in [4.69, 9.17) is 10.1 Å². The van der Waals surface area contributed by atoms with E-state index in [2.05, 4.69) is 44.7 Å². The fourth-order valence-electron chi connectivity index (χ4n) is 4.16. The molecule has 4 rings (SSSR count). The first kappa shape index (κ1) is 18.9. The largest absolute Gasteiger partial charge is 0.352 e. The number of rotatable bonds is 5. The van der Waals surface area contributed by atoms with E-state index in [1.165, 1.54) is 5.69 Å². The minimum Gasteiger partial charge on any atom is -0.352 e. The molecule has 1 amide bonds. The average molecular weight is 384 g/mol. The van der Waals surface area contributed by atoms with Gasteiger partial charge in [-0.1, -0.05) is 6.92 Å². The van der Waals surface area contributed by atoms with Gasteiger partial charge in [0.25, 0.3) is 0 Å². The number of likely N-dealkylation sites (tertiary alicyclic amines) is 1. The van der Waals surface area contributed by atoms with Crippen molar-refractivity contribution in [3.63, 3.8) is 0 Å². The Bertz CT molecular complexity index is 862. The normalized spacial score (nSPS) is 19.7. The van der Waals surface area contributed by atoms with Gasteiger partial charge in [0.1, 0.15) is 0 Å². The maximum absolute atomic E-state index is 11.2. The van der Waals surface area contributed by atoms with E-state index in [1.54, 1.807) is 6.92 Å². The summed E-state index contributed by atoms with van der Waals surface area (Å²) in [6, 6.07) is 2.46. The Morgan fingerprint density at radius 1 is 1.32 bits per heavy atom. The van der Waals surface area contributed by atoms with Gasteiger partial charge in [-0.2, -0.15) is 5.10 Å². The van der Waals surface area contributed by atoms with Crippen molar-refractivity contribution in [2.24, 2.45) is 0 Å². The monoisotopic (exact) mass is 383 g/mol. The quantitative estimate of drug-likeness (QED) is 0.838. The molecule has 28 heavy (non-hydrogen) atoms. The van der Waals surface area contributed by atoms with Crippen molar-refractivity contribution < 1.29 is 4.79 Å². The third kappa shape index (κ3) is 4.01. The number of nitrogens with zero attached hydrogens (tertiary/aromatic N) is 6. The zero-order chi connectivity index (χ0) is 19.7. The molecule has 0 radical (unpaired) electrons. The van der Waals surface area contributed by atoms with Gasteiger partial charge in [-0.15, -0.1) is 0 Å². The van der Waals surface area contributed by atoms with E-state index in [9.17, 15) is 4.79 Å². The first-order chi connectivity index (χ1) is 13.5. The maximum atomic E-state index is 11.2. The van der Waals surface area contributed by atoms with Crippen LogP contribution in [0.3, 0.4) is 0 Å². The molecule has 8 nitrogen and oxygen atoms in total. The van der Waals surface area contributed by atoms with Crippen LogP contribution in [0.15, 0.2) is 12.3 Å². The number of nitrogens with one attached hydrogen (secondary N) is 1. The Morgan fingerprint density at radius 2 is 2.18 bits per heavy atom. The number of hydrogen-bond donors (Lipinski definition) is 1. The SMILES string of the molecule is CCc1nc(N2CCn3nc(CN4CC[C@H](NC(C)=O)C4)cc3C2)ncc1C. The Kier molecular flexibility index (Phi) is 5.30. The lowest BCUT2D eigenvalue weighted by molar-refractivity contribution is -0.119. The highest BCUT2D eigenvalue weighted by Crippen LogP contribution is 2.21.